The monoisotopic (exact) mass is 507 g/mol. The lowest BCUT2D eigenvalue weighted by molar-refractivity contribution is -0.131. The third kappa shape index (κ3) is 5.45. The quantitative estimate of drug-likeness (QED) is 0.324. The van der Waals surface area contributed by atoms with Crippen LogP contribution in [-0.4, -0.2) is 38.3 Å². The number of hydrogen-bond donors (Lipinski definition) is 2. The van der Waals surface area contributed by atoms with E-state index in [9.17, 15) is 9.59 Å². The number of esters is 1. The molecule has 1 heterocycles. The summed E-state index contributed by atoms with van der Waals surface area (Å²) in [7, 11) is 0. The second kappa shape index (κ2) is 10.1. The zero-order chi connectivity index (χ0) is 23.5. The Morgan fingerprint density at radius 2 is 1.67 bits per heavy atom. The number of rotatable bonds is 4. The summed E-state index contributed by atoms with van der Waals surface area (Å²) in [6, 6.07) is 11.2. The second-order valence-electron chi connectivity index (χ2n) is 7.36. The topological polar surface area (TPSA) is 79.9 Å². The smallest absolute Gasteiger partial charge is 0.323 e. The molecule has 172 valence electrons. The van der Waals surface area contributed by atoms with Crippen LogP contribution in [-0.2, 0) is 9.53 Å². The van der Waals surface area contributed by atoms with Crippen molar-refractivity contribution in [2.45, 2.75) is 6.92 Å². The van der Waals surface area contributed by atoms with Gasteiger partial charge in [0.25, 0.3) is 0 Å². The van der Waals surface area contributed by atoms with E-state index in [1.807, 2.05) is 6.07 Å². The van der Waals surface area contributed by atoms with E-state index in [0.717, 1.165) is 18.8 Å². The third-order valence-electron chi connectivity index (χ3n) is 5.07. The van der Waals surface area contributed by atoms with E-state index in [1.54, 1.807) is 36.4 Å². The third-order valence-corrected chi connectivity index (χ3v) is 5.98. The minimum Gasteiger partial charge on any atom is -0.427 e. The molecule has 0 bridgehead atoms. The Balaban J connectivity index is 1.56. The fourth-order valence-electron chi connectivity index (χ4n) is 3.61. The van der Waals surface area contributed by atoms with Crippen molar-refractivity contribution in [3.8, 4) is 5.75 Å². The number of urea groups is 1. The summed E-state index contributed by atoms with van der Waals surface area (Å²) in [4.78, 5) is 26.2. The number of carbonyl (C=O) groups excluding carboxylic acids is 2. The summed E-state index contributed by atoms with van der Waals surface area (Å²) in [6.45, 7) is 4.10. The van der Waals surface area contributed by atoms with E-state index < -0.39 is 12.0 Å². The largest absolute Gasteiger partial charge is 0.427 e. The number of morpholine rings is 1. The summed E-state index contributed by atoms with van der Waals surface area (Å²) in [6.07, 6.45) is 0. The number of nitrogens with one attached hydrogen (secondary N) is 2. The fraction of sp³-hybridized carbons (Fsp3) is 0.217. The van der Waals surface area contributed by atoms with E-state index in [2.05, 4.69) is 15.5 Å². The maximum atomic E-state index is 12.8. The predicted molar refractivity (Wildman–Crippen MR) is 132 cm³/mol. The van der Waals surface area contributed by atoms with Crippen molar-refractivity contribution >= 4 is 74.6 Å². The highest BCUT2D eigenvalue weighted by molar-refractivity contribution is 6.41. The molecule has 2 N–H and O–H groups in total. The number of amides is 2. The molecule has 0 radical (unpaired) electrons. The first-order valence-electron chi connectivity index (χ1n) is 10.1. The van der Waals surface area contributed by atoms with Gasteiger partial charge in [0.2, 0.25) is 0 Å². The van der Waals surface area contributed by atoms with Crippen LogP contribution < -0.4 is 20.3 Å². The van der Waals surface area contributed by atoms with Crippen molar-refractivity contribution < 1.29 is 19.1 Å². The molecule has 4 rings (SSSR count). The number of carbonyl (C=O) groups is 2. The van der Waals surface area contributed by atoms with Gasteiger partial charge in [-0.1, -0.05) is 34.8 Å². The summed E-state index contributed by atoms with van der Waals surface area (Å²) < 4.78 is 10.5. The number of nitrogens with zero attached hydrogens (tertiary/aromatic N) is 1. The van der Waals surface area contributed by atoms with Gasteiger partial charge in [0.1, 0.15) is 5.75 Å². The van der Waals surface area contributed by atoms with Gasteiger partial charge in [-0.2, -0.15) is 0 Å². The molecule has 3 aromatic carbocycles. The Labute approximate surface area is 205 Å². The molecule has 1 fully saturated rings. The van der Waals surface area contributed by atoms with Crippen LogP contribution in [0.2, 0.25) is 15.1 Å². The summed E-state index contributed by atoms with van der Waals surface area (Å²) >= 11 is 19.1. The molecule has 1 saturated heterocycles. The molecule has 10 heteroatoms. The molecule has 2 amide bonds. The molecule has 7 nitrogen and oxygen atoms in total. The van der Waals surface area contributed by atoms with Crippen molar-refractivity contribution in [2.24, 2.45) is 0 Å². The number of fused-ring (bicyclic) bond motifs is 1. The molecular formula is C23H20Cl3N3O4. The van der Waals surface area contributed by atoms with Gasteiger partial charge < -0.3 is 25.0 Å². The van der Waals surface area contributed by atoms with E-state index in [4.69, 9.17) is 44.3 Å². The van der Waals surface area contributed by atoms with Crippen LogP contribution in [0, 0.1) is 0 Å². The highest BCUT2D eigenvalue weighted by Gasteiger charge is 2.17. The Bertz CT molecular complexity index is 1230. The lowest BCUT2D eigenvalue weighted by atomic mass is 10.1. The van der Waals surface area contributed by atoms with Gasteiger partial charge in [-0.25, -0.2) is 4.79 Å². The highest BCUT2D eigenvalue weighted by atomic mass is 35.5. The molecular weight excluding hydrogens is 489 g/mol. The number of hydrogen-bond acceptors (Lipinski definition) is 5. The van der Waals surface area contributed by atoms with Crippen LogP contribution in [0.25, 0.3) is 10.8 Å². The van der Waals surface area contributed by atoms with Crippen LogP contribution in [0.3, 0.4) is 0 Å². The first kappa shape index (κ1) is 23.4. The van der Waals surface area contributed by atoms with E-state index >= 15 is 0 Å². The maximum Gasteiger partial charge on any atom is 0.323 e. The zero-order valence-corrected chi connectivity index (χ0v) is 19.9. The van der Waals surface area contributed by atoms with Crippen LogP contribution >= 0.6 is 34.8 Å². The van der Waals surface area contributed by atoms with Crippen molar-refractivity contribution in [1.29, 1.82) is 0 Å². The predicted octanol–water partition coefficient (Wildman–Crippen LogP) is 6.21. The maximum absolute atomic E-state index is 12.8. The van der Waals surface area contributed by atoms with Gasteiger partial charge in [0, 0.05) is 36.5 Å². The van der Waals surface area contributed by atoms with Gasteiger partial charge in [0.05, 0.1) is 39.7 Å². The molecule has 1 aliphatic heterocycles. The summed E-state index contributed by atoms with van der Waals surface area (Å²) in [5, 5.41) is 7.86. The van der Waals surface area contributed by atoms with Gasteiger partial charge in [-0.15, -0.1) is 0 Å². The van der Waals surface area contributed by atoms with Gasteiger partial charge in [-0.05, 0) is 42.5 Å². The normalized spacial score (nSPS) is 13.6. The summed E-state index contributed by atoms with van der Waals surface area (Å²) in [5.41, 5.74) is 1.73. The van der Waals surface area contributed by atoms with Crippen LogP contribution in [0.5, 0.6) is 5.75 Å². The minimum absolute atomic E-state index is 0.239. The highest BCUT2D eigenvalue weighted by Crippen LogP contribution is 2.38. The Morgan fingerprint density at radius 1 is 0.909 bits per heavy atom. The van der Waals surface area contributed by atoms with Crippen molar-refractivity contribution in [1.82, 2.24) is 0 Å². The molecule has 0 spiro atoms. The van der Waals surface area contributed by atoms with Crippen LogP contribution in [0.1, 0.15) is 6.92 Å². The molecule has 0 aliphatic carbocycles. The van der Waals surface area contributed by atoms with E-state index in [1.165, 1.54) is 6.92 Å². The zero-order valence-electron chi connectivity index (χ0n) is 17.6. The number of benzene rings is 3. The first-order chi connectivity index (χ1) is 15.8. The van der Waals surface area contributed by atoms with Crippen LogP contribution in [0.15, 0.2) is 42.5 Å². The number of ether oxygens (including phenoxy) is 2. The molecule has 1 aliphatic rings. The molecule has 3 aromatic rings. The lowest BCUT2D eigenvalue weighted by Gasteiger charge is -2.29. The van der Waals surface area contributed by atoms with Gasteiger partial charge in [0.15, 0.2) is 0 Å². The number of anilines is 3. The lowest BCUT2D eigenvalue weighted by Crippen LogP contribution is -2.36. The molecule has 0 unspecified atom stereocenters. The average Bonchev–Trinajstić information content (AvgIpc) is 2.77. The van der Waals surface area contributed by atoms with Gasteiger partial charge in [-0.3, -0.25) is 4.79 Å². The minimum atomic E-state index is -0.520. The second-order valence-corrected chi connectivity index (χ2v) is 8.58. The Morgan fingerprint density at radius 3 is 2.36 bits per heavy atom. The van der Waals surface area contributed by atoms with Crippen molar-refractivity contribution in [3.05, 3.63) is 57.5 Å². The molecule has 33 heavy (non-hydrogen) atoms. The van der Waals surface area contributed by atoms with Gasteiger partial charge >= 0.3 is 12.0 Å². The molecule has 0 atom stereocenters. The van der Waals surface area contributed by atoms with E-state index in [-0.39, 0.29) is 5.02 Å². The first-order valence-corrected chi connectivity index (χ1v) is 11.3. The molecule has 0 saturated carbocycles. The number of halogens is 3. The average molecular weight is 509 g/mol. The van der Waals surface area contributed by atoms with E-state index in [0.29, 0.717) is 51.2 Å². The van der Waals surface area contributed by atoms with Crippen LogP contribution in [0.4, 0.5) is 21.9 Å². The Hall–Kier alpha value is -2.71. The summed E-state index contributed by atoms with van der Waals surface area (Å²) in [5.74, 6) is -0.158. The Kier molecular flexibility index (Phi) is 7.14. The van der Waals surface area contributed by atoms with Crippen molar-refractivity contribution in [2.75, 3.05) is 41.8 Å². The fourth-order valence-corrected chi connectivity index (χ4v) is 4.49. The molecule has 0 aromatic heterocycles. The SMILES string of the molecule is CC(=O)Oc1ccc2c(Cl)cc(Cl)c(NC(=O)Nc3ccc(N4CCOCC4)c(Cl)c3)c2c1. The van der Waals surface area contributed by atoms with Crippen molar-refractivity contribution in [3.63, 3.8) is 0 Å². The standard InChI is InChI=1S/C23H20Cl3N3O4/c1-13(30)33-15-3-4-16-17(11-15)22(20(26)12-18(16)24)28-23(31)27-14-2-5-21(19(25)10-14)29-6-8-32-9-7-29/h2-5,10-12H,6-9H2,1H3,(H2,27,28,31).